The van der Waals surface area contributed by atoms with Crippen LogP contribution in [0.2, 0.25) is 0 Å². The van der Waals surface area contributed by atoms with Crippen molar-refractivity contribution in [2.75, 3.05) is 0 Å². The summed E-state index contributed by atoms with van der Waals surface area (Å²) in [5, 5.41) is 9.69. The van der Waals surface area contributed by atoms with Crippen LogP contribution < -0.4 is 0 Å². The van der Waals surface area contributed by atoms with Crippen LogP contribution in [0.1, 0.15) is 39.5 Å². The first kappa shape index (κ1) is 18.5. The second-order valence-corrected chi connectivity index (χ2v) is 7.83. The summed E-state index contributed by atoms with van der Waals surface area (Å²) in [6.45, 7) is 4.03. The molecule has 2 aromatic carbocycles. The Morgan fingerprint density at radius 2 is 1.93 bits per heavy atom. The maximum absolute atomic E-state index is 13.6. The number of rotatable bonds is 6. The van der Waals surface area contributed by atoms with Gasteiger partial charge < -0.3 is 9.55 Å². The number of aryl methyl sites for hydroxylation is 2. The third-order valence-corrected chi connectivity index (χ3v) is 6.35. The van der Waals surface area contributed by atoms with Crippen LogP contribution in [-0.4, -0.2) is 25.5 Å². The molecule has 4 aromatic rings. The fraction of sp³-hybridized carbons (Fsp3) is 0.227. The molecule has 1 unspecified atom stereocenters. The molecule has 2 aromatic heterocycles. The molecule has 0 bridgehead atoms. The molecule has 0 aliphatic carbocycles. The van der Waals surface area contributed by atoms with Gasteiger partial charge in [-0.15, -0.1) is 10.2 Å². The molecule has 5 nitrogen and oxygen atoms in total. The number of carbonyl (C=O) groups excluding carboxylic acids is 1. The lowest BCUT2D eigenvalue weighted by Gasteiger charge is -2.15. The SMILES string of the molecule is CCc1cccc2c(C(=O)C(Sc3nnc(C)n3C)c3ccccc3)c[nH]c12. The monoisotopic (exact) mass is 390 g/mol. The number of benzene rings is 2. The van der Waals surface area contributed by atoms with E-state index in [1.807, 2.05) is 67.2 Å². The molecule has 0 spiro atoms. The van der Waals surface area contributed by atoms with E-state index in [9.17, 15) is 4.79 Å². The van der Waals surface area contributed by atoms with Crippen LogP contribution in [0, 0.1) is 6.92 Å². The zero-order valence-electron chi connectivity index (χ0n) is 16.1. The van der Waals surface area contributed by atoms with Gasteiger partial charge in [0.25, 0.3) is 0 Å². The van der Waals surface area contributed by atoms with Crippen molar-refractivity contribution in [3.8, 4) is 0 Å². The molecule has 0 amide bonds. The predicted molar refractivity (Wildman–Crippen MR) is 113 cm³/mol. The maximum Gasteiger partial charge on any atom is 0.191 e. The van der Waals surface area contributed by atoms with E-state index in [4.69, 9.17) is 0 Å². The van der Waals surface area contributed by atoms with E-state index in [0.29, 0.717) is 5.56 Å². The zero-order chi connectivity index (χ0) is 19.7. The van der Waals surface area contributed by atoms with Crippen molar-refractivity contribution in [3.63, 3.8) is 0 Å². The number of carbonyl (C=O) groups is 1. The number of ketones is 1. The second-order valence-electron chi connectivity index (χ2n) is 6.76. The lowest BCUT2D eigenvalue weighted by Crippen LogP contribution is -2.11. The predicted octanol–water partition coefficient (Wildman–Crippen LogP) is 4.88. The zero-order valence-corrected chi connectivity index (χ0v) is 17.0. The lowest BCUT2D eigenvalue weighted by molar-refractivity contribution is 0.0991. The number of aromatic amines is 1. The van der Waals surface area contributed by atoms with Crippen molar-refractivity contribution in [1.82, 2.24) is 19.7 Å². The van der Waals surface area contributed by atoms with Crippen molar-refractivity contribution < 1.29 is 4.79 Å². The normalized spacial score (nSPS) is 12.4. The molecule has 0 fully saturated rings. The number of aromatic nitrogens is 4. The molecule has 1 N–H and O–H groups in total. The minimum atomic E-state index is -0.396. The van der Waals surface area contributed by atoms with Crippen LogP contribution in [0.3, 0.4) is 0 Å². The number of Topliss-reactive ketones (excluding diaryl/α,β-unsaturated/α-hetero) is 1. The molecule has 0 saturated carbocycles. The maximum atomic E-state index is 13.6. The Balaban J connectivity index is 1.78. The smallest absolute Gasteiger partial charge is 0.191 e. The third kappa shape index (κ3) is 3.24. The Morgan fingerprint density at radius 3 is 2.61 bits per heavy atom. The van der Waals surface area contributed by atoms with Crippen LogP contribution in [0.5, 0.6) is 0 Å². The summed E-state index contributed by atoms with van der Waals surface area (Å²) >= 11 is 1.44. The first-order valence-corrected chi connectivity index (χ1v) is 10.2. The molecule has 142 valence electrons. The molecule has 6 heteroatoms. The first-order valence-electron chi connectivity index (χ1n) is 9.31. The summed E-state index contributed by atoms with van der Waals surface area (Å²) in [7, 11) is 1.92. The van der Waals surface area contributed by atoms with Gasteiger partial charge >= 0.3 is 0 Å². The van der Waals surface area contributed by atoms with E-state index in [0.717, 1.165) is 33.9 Å². The van der Waals surface area contributed by atoms with E-state index >= 15 is 0 Å². The van der Waals surface area contributed by atoms with Crippen molar-refractivity contribution >= 4 is 28.4 Å². The Hall–Kier alpha value is -2.86. The number of hydrogen-bond donors (Lipinski definition) is 1. The summed E-state index contributed by atoms with van der Waals surface area (Å²) in [4.78, 5) is 17.0. The molecule has 2 heterocycles. The molecule has 1 atom stereocenters. The highest BCUT2D eigenvalue weighted by molar-refractivity contribution is 8.00. The molecule has 0 aliphatic heterocycles. The second kappa shape index (κ2) is 7.64. The summed E-state index contributed by atoms with van der Waals surface area (Å²) in [6.07, 6.45) is 2.76. The van der Waals surface area contributed by atoms with Crippen LogP contribution in [-0.2, 0) is 13.5 Å². The lowest BCUT2D eigenvalue weighted by atomic mass is 10.0. The summed E-state index contributed by atoms with van der Waals surface area (Å²) in [5.74, 6) is 0.887. The van der Waals surface area contributed by atoms with Crippen molar-refractivity contribution in [3.05, 3.63) is 77.2 Å². The summed E-state index contributed by atoms with van der Waals surface area (Å²) in [5.41, 5.74) is 3.92. The largest absolute Gasteiger partial charge is 0.360 e. The van der Waals surface area contributed by atoms with Crippen molar-refractivity contribution in [2.24, 2.45) is 7.05 Å². The van der Waals surface area contributed by atoms with E-state index in [1.54, 1.807) is 0 Å². The van der Waals surface area contributed by atoms with Gasteiger partial charge in [-0.05, 0) is 24.5 Å². The molecule has 28 heavy (non-hydrogen) atoms. The Morgan fingerprint density at radius 1 is 1.14 bits per heavy atom. The number of para-hydroxylation sites is 1. The number of fused-ring (bicyclic) bond motifs is 1. The third-order valence-electron chi connectivity index (χ3n) is 5.06. The molecule has 0 aliphatic rings. The van der Waals surface area contributed by atoms with Crippen molar-refractivity contribution in [1.29, 1.82) is 0 Å². The van der Waals surface area contributed by atoms with Crippen LogP contribution in [0.15, 0.2) is 59.9 Å². The quantitative estimate of drug-likeness (QED) is 0.376. The van der Waals surface area contributed by atoms with E-state index in [-0.39, 0.29) is 5.78 Å². The minimum absolute atomic E-state index is 0.0661. The minimum Gasteiger partial charge on any atom is -0.360 e. The molecule has 0 radical (unpaired) electrons. The summed E-state index contributed by atoms with van der Waals surface area (Å²) < 4.78 is 1.91. The summed E-state index contributed by atoms with van der Waals surface area (Å²) in [6, 6.07) is 16.0. The van der Waals surface area contributed by atoms with Crippen molar-refractivity contribution in [2.45, 2.75) is 30.7 Å². The molecule has 0 saturated heterocycles. The molecule has 4 rings (SSSR count). The molecular formula is C22H22N4OS. The van der Waals surface area contributed by atoms with Gasteiger partial charge in [0.15, 0.2) is 10.9 Å². The number of nitrogens with one attached hydrogen (secondary N) is 1. The van der Waals surface area contributed by atoms with Gasteiger partial charge in [0.05, 0.1) is 0 Å². The van der Waals surface area contributed by atoms with E-state index < -0.39 is 5.25 Å². The average Bonchev–Trinajstić information content (AvgIpc) is 3.30. The highest BCUT2D eigenvalue weighted by Gasteiger charge is 2.27. The molecular weight excluding hydrogens is 368 g/mol. The van der Waals surface area contributed by atoms with Crippen LogP contribution >= 0.6 is 11.8 Å². The first-order chi connectivity index (χ1) is 13.6. The number of thioether (sulfide) groups is 1. The van der Waals surface area contributed by atoms with Gasteiger partial charge in [-0.3, -0.25) is 4.79 Å². The standard InChI is InChI=1S/C22H22N4OS/c1-4-15-11-8-12-17-18(13-23-19(15)17)20(27)21(16-9-6-5-7-10-16)28-22-25-24-14(2)26(22)3/h5-13,21,23H,4H2,1-3H3. The Bertz CT molecular complexity index is 1130. The van der Waals surface area contributed by atoms with E-state index in [2.05, 4.69) is 28.2 Å². The van der Waals surface area contributed by atoms with Gasteiger partial charge in [-0.2, -0.15) is 0 Å². The van der Waals surface area contributed by atoms with E-state index in [1.165, 1.54) is 17.3 Å². The number of hydrogen-bond acceptors (Lipinski definition) is 4. The van der Waals surface area contributed by atoms with Crippen LogP contribution in [0.4, 0.5) is 0 Å². The van der Waals surface area contributed by atoms with Gasteiger partial charge in [0, 0.05) is 29.7 Å². The van der Waals surface area contributed by atoms with Gasteiger partial charge in [-0.1, -0.05) is 67.2 Å². The number of nitrogens with zero attached hydrogens (tertiary/aromatic N) is 3. The highest BCUT2D eigenvalue weighted by Crippen LogP contribution is 2.38. The number of H-pyrrole nitrogens is 1. The van der Waals surface area contributed by atoms with Gasteiger partial charge in [0.1, 0.15) is 11.1 Å². The topological polar surface area (TPSA) is 63.6 Å². The Kier molecular flexibility index (Phi) is 5.05. The van der Waals surface area contributed by atoms with Gasteiger partial charge in [-0.25, -0.2) is 0 Å². The average molecular weight is 391 g/mol. The fourth-order valence-corrected chi connectivity index (χ4v) is 4.47. The highest BCUT2D eigenvalue weighted by atomic mass is 32.2. The van der Waals surface area contributed by atoms with Crippen LogP contribution in [0.25, 0.3) is 10.9 Å². The Labute approximate surface area is 168 Å². The van der Waals surface area contributed by atoms with Gasteiger partial charge in [0.2, 0.25) is 0 Å². The fourth-order valence-electron chi connectivity index (χ4n) is 3.35.